The van der Waals surface area contributed by atoms with Gasteiger partial charge in [0.1, 0.15) is 0 Å². The van der Waals surface area contributed by atoms with Gasteiger partial charge < -0.3 is 13.3 Å². The first-order valence-corrected chi connectivity index (χ1v) is 15.9. The summed E-state index contributed by atoms with van der Waals surface area (Å²) in [5.41, 5.74) is 0. The van der Waals surface area contributed by atoms with E-state index in [2.05, 4.69) is 13.8 Å². The van der Waals surface area contributed by atoms with E-state index in [9.17, 15) is 0 Å². The standard InChI is InChI=1S/C27H57FO3Si/c1-6-11-13-15-16-17-18-19-20-22-24-26-27(28,25-23-21-14-12-7-2)32(29-8-3,30-9-4)31-10-5/h6-26H2,1-5H3. The summed E-state index contributed by atoms with van der Waals surface area (Å²) in [5.74, 6) is 0. The van der Waals surface area contributed by atoms with E-state index < -0.39 is 14.1 Å². The number of rotatable bonds is 25. The summed E-state index contributed by atoms with van der Waals surface area (Å²) in [6.45, 7) is 11.5. The summed E-state index contributed by atoms with van der Waals surface area (Å²) in [5, 5.41) is -1.47. The van der Waals surface area contributed by atoms with Gasteiger partial charge in [0, 0.05) is 19.8 Å². The molecule has 0 aliphatic rings. The first-order chi connectivity index (χ1) is 15.6. The second-order valence-electron chi connectivity index (χ2n) is 9.27. The van der Waals surface area contributed by atoms with Crippen LogP contribution in [0.25, 0.3) is 0 Å². The second-order valence-corrected chi connectivity index (χ2v) is 12.1. The molecule has 1 unspecified atom stereocenters. The van der Waals surface area contributed by atoms with E-state index in [0.717, 1.165) is 25.7 Å². The summed E-state index contributed by atoms with van der Waals surface area (Å²) < 4.78 is 34.7. The molecular formula is C27H57FO3Si. The van der Waals surface area contributed by atoms with Gasteiger partial charge in [0.25, 0.3) is 0 Å². The van der Waals surface area contributed by atoms with Crippen molar-refractivity contribution in [3.05, 3.63) is 0 Å². The van der Waals surface area contributed by atoms with E-state index in [1.165, 1.54) is 77.0 Å². The van der Waals surface area contributed by atoms with E-state index in [0.29, 0.717) is 32.7 Å². The van der Waals surface area contributed by atoms with Crippen molar-refractivity contribution in [1.29, 1.82) is 0 Å². The number of hydrogen-bond donors (Lipinski definition) is 0. The maximum atomic E-state index is 16.6. The molecule has 0 amide bonds. The fourth-order valence-corrected chi connectivity index (χ4v) is 7.72. The highest BCUT2D eigenvalue weighted by Crippen LogP contribution is 2.38. The van der Waals surface area contributed by atoms with Gasteiger partial charge in [-0.15, -0.1) is 0 Å². The summed E-state index contributed by atoms with van der Waals surface area (Å²) in [7, 11) is -3.38. The van der Waals surface area contributed by atoms with E-state index >= 15 is 4.39 Å². The molecule has 32 heavy (non-hydrogen) atoms. The average Bonchev–Trinajstić information content (AvgIpc) is 2.77. The SMILES string of the molecule is CCCCCCCCCCCCCC(F)(CCCCCCC)[Si](OCC)(OCC)OCC. The molecule has 0 aliphatic carbocycles. The molecule has 0 fully saturated rings. The van der Waals surface area contributed by atoms with E-state index in [-0.39, 0.29) is 0 Å². The minimum absolute atomic E-state index is 0.436. The minimum Gasteiger partial charge on any atom is -0.372 e. The van der Waals surface area contributed by atoms with Gasteiger partial charge in [0.15, 0.2) is 5.29 Å². The Kier molecular flexibility index (Phi) is 21.6. The van der Waals surface area contributed by atoms with Crippen LogP contribution in [0.5, 0.6) is 0 Å². The molecule has 0 saturated carbocycles. The van der Waals surface area contributed by atoms with Crippen molar-refractivity contribution >= 4 is 8.80 Å². The highest BCUT2D eigenvalue weighted by atomic mass is 28.4. The average molecular weight is 477 g/mol. The molecule has 194 valence electrons. The van der Waals surface area contributed by atoms with Crippen LogP contribution in [-0.4, -0.2) is 33.9 Å². The lowest BCUT2D eigenvalue weighted by molar-refractivity contribution is 0.00154. The molecular weight excluding hydrogens is 419 g/mol. The highest BCUT2D eigenvalue weighted by Gasteiger charge is 2.61. The van der Waals surface area contributed by atoms with Crippen LogP contribution in [0.4, 0.5) is 4.39 Å². The van der Waals surface area contributed by atoms with Crippen molar-refractivity contribution in [2.75, 3.05) is 19.8 Å². The molecule has 0 saturated heterocycles. The fourth-order valence-electron chi connectivity index (χ4n) is 4.59. The lowest BCUT2D eigenvalue weighted by atomic mass is 10.0. The Morgan fingerprint density at radius 1 is 0.469 bits per heavy atom. The molecule has 0 aliphatic heterocycles. The Bertz CT molecular complexity index is 380. The number of unbranched alkanes of at least 4 members (excludes halogenated alkanes) is 14. The highest BCUT2D eigenvalue weighted by molar-refractivity contribution is 6.64. The molecule has 1 atom stereocenters. The monoisotopic (exact) mass is 476 g/mol. The van der Waals surface area contributed by atoms with Crippen molar-refractivity contribution in [2.24, 2.45) is 0 Å². The van der Waals surface area contributed by atoms with Gasteiger partial charge in [0.05, 0.1) is 0 Å². The van der Waals surface area contributed by atoms with Crippen molar-refractivity contribution in [1.82, 2.24) is 0 Å². The summed E-state index contributed by atoms with van der Waals surface area (Å²) in [4.78, 5) is 0. The Balaban J connectivity index is 4.67. The van der Waals surface area contributed by atoms with Crippen LogP contribution in [0.1, 0.15) is 150 Å². The van der Waals surface area contributed by atoms with Gasteiger partial charge in [-0.25, -0.2) is 4.39 Å². The first kappa shape index (κ1) is 32.0. The fraction of sp³-hybridized carbons (Fsp3) is 1.00. The van der Waals surface area contributed by atoms with Crippen molar-refractivity contribution in [3.8, 4) is 0 Å². The number of halogens is 1. The van der Waals surface area contributed by atoms with Crippen LogP contribution in [0, 0.1) is 0 Å². The van der Waals surface area contributed by atoms with Crippen molar-refractivity contribution in [2.45, 2.75) is 155 Å². The molecule has 0 heterocycles. The van der Waals surface area contributed by atoms with Crippen LogP contribution in [0.2, 0.25) is 0 Å². The van der Waals surface area contributed by atoms with E-state index in [4.69, 9.17) is 13.3 Å². The summed E-state index contributed by atoms with van der Waals surface area (Å²) >= 11 is 0. The molecule has 0 rings (SSSR count). The second kappa shape index (κ2) is 21.6. The van der Waals surface area contributed by atoms with Crippen molar-refractivity contribution < 1.29 is 17.7 Å². The molecule has 3 nitrogen and oxygen atoms in total. The van der Waals surface area contributed by atoms with Crippen LogP contribution >= 0.6 is 0 Å². The van der Waals surface area contributed by atoms with Gasteiger partial charge >= 0.3 is 8.80 Å². The van der Waals surface area contributed by atoms with E-state index in [1.54, 1.807) is 0 Å². The Morgan fingerprint density at radius 3 is 1.03 bits per heavy atom. The maximum Gasteiger partial charge on any atom is 0.540 e. The predicted octanol–water partition coefficient (Wildman–Crippen LogP) is 9.34. The van der Waals surface area contributed by atoms with Crippen LogP contribution in [0.3, 0.4) is 0 Å². The smallest absolute Gasteiger partial charge is 0.372 e. The van der Waals surface area contributed by atoms with Gasteiger partial charge in [-0.05, 0) is 33.6 Å². The zero-order valence-electron chi connectivity index (χ0n) is 22.5. The van der Waals surface area contributed by atoms with Gasteiger partial charge in [-0.2, -0.15) is 0 Å². The molecule has 5 heteroatoms. The third-order valence-corrected chi connectivity index (χ3v) is 10.0. The third kappa shape index (κ3) is 13.7. The molecule has 0 bridgehead atoms. The Morgan fingerprint density at radius 2 is 0.750 bits per heavy atom. The van der Waals surface area contributed by atoms with Gasteiger partial charge in [-0.3, -0.25) is 0 Å². The zero-order valence-corrected chi connectivity index (χ0v) is 23.5. The Labute approximate surface area is 201 Å². The van der Waals surface area contributed by atoms with Crippen molar-refractivity contribution in [3.63, 3.8) is 0 Å². The molecule has 0 aromatic rings. The number of hydrogen-bond acceptors (Lipinski definition) is 3. The van der Waals surface area contributed by atoms with Crippen LogP contribution in [-0.2, 0) is 13.3 Å². The minimum atomic E-state index is -3.38. The first-order valence-electron chi connectivity index (χ1n) is 14.2. The van der Waals surface area contributed by atoms with E-state index in [1.807, 2.05) is 20.8 Å². The molecule has 0 aromatic carbocycles. The molecule has 0 spiro atoms. The predicted molar refractivity (Wildman–Crippen MR) is 139 cm³/mol. The molecule has 0 radical (unpaired) electrons. The summed E-state index contributed by atoms with van der Waals surface area (Å²) in [6.07, 6.45) is 20.5. The van der Waals surface area contributed by atoms with Gasteiger partial charge in [-0.1, -0.05) is 117 Å². The lowest BCUT2D eigenvalue weighted by Crippen LogP contribution is -2.63. The molecule has 0 aromatic heterocycles. The van der Waals surface area contributed by atoms with Gasteiger partial charge in [0.2, 0.25) is 0 Å². The maximum absolute atomic E-state index is 16.6. The quantitative estimate of drug-likeness (QED) is 0.0970. The topological polar surface area (TPSA) is 27.7 Å². The third-order valence-electron chi connectivity index (χ3n) is 6.41. The Hall–Kier alpha value is 0.0269. The normalized spacial score (nSPS) is 14.1. The van der Waals surface area contributed by atoms with Crippen LogP contribution < -0.4 is 0 Å². The zero-order chi connectivity index (χ0) is 24.0. The summed E-state index contributed by atoms with van der Waals surface area (Å²) in [6, 6.07) is 0. The van der Waals surface area contributed by atoms with Crippen LogP contribution in [0.15, 0.2) is 0 Å². The lowest BCUT2D eigenvalue weighted by Gasteiger charge is -2.40. The largest absolute Gasteiger partial charge is 0.540 e. The molecule has 0 N–H and O–H groups in total. The number of alkyl halides is 1.